The standard InChI is InChI=1S/C11H10ClN/c12-11-6-2-4-9-8(7-13)3-1-5-10(9)11/h1,3,5,11H,2,4,6H2. The molecule has 0 heterocycles. The van der Waals surface area contributed by atoms with E-state index in [4.69, 9.17) is 16.9 Å². The molecular formula is C11H10ClN. The third-order valence-corrected chi connectivity index (χ3v) is 3.01. The van der Waals surface area contributed by atoms with Crippen molar-refractivity contribution in [2.24, 2.45) is 0 Å². The van der Waals surface area contributed by atoms with Crippen molar-refractivity contribution in [1.29, 1.82) is 5.26 Å². The van der Waals surface area contributed by atoms with E-state index in [1.165, 1.54) is 0 Å². The minimum atomic E-state index is 0.108. The smallest absolute Gasteiger partial charge is 0.0994 e. The molecule has 2 heteroatoms. The number of hydrogen-bond acceptors (Lipinski definition) is 1. The summed E-state index contributed by atoms with van der Waals surface area (Å²) in [6.07, 6.45) is 3.13. The summed E-state index contributed by atoms with van der Waals surface area (Å²) in [5.74, 6) is 0. The molecule has 0 N–H and O–H groups in total. The average molecular weight is 192 g/mol. The van der Waals surface area contributed by atoms with Gasteiger partial charge in [0, 0.05) is 0 Å². The highest BCUT2D eigenvalue weighted by atomic mass is 35.5. The van der Waals surface area contributed by atoms with Crippen molar-refractivity contribution < 1.29 is 0 Å². The van der Waals surface area contributed by atoms with Crippen molar-refractivity contribution in [2.45, 2.75) is 24.6 Å². The van der Waals surface area contributed by atoms with Crippen LogP contribution in [0.5, 0.6) is 0 Å². The lowest BCUT2D eigenvalue weighted by Crippen LogP contribution is -2.06. The van der Waals surface area contributed by atoms with E-state index in [1.54, 1.807) is 0 Å². The Labute approximate surface area is 82.9 Å². The Balaban J connectivity index is 2.56. The molecule has 1 atom stereocenters. The van der Waals surface area contributed by atoms with E-state index in [-0.39, 0.29) is 5.38 Å². The summed E-state index contributed by atoms with van der Waals surface area (Å²) in [5, 5.41) is 9.00. The lowest BCUT2D eigenvalue weighted by molar-refractivity contribution is 0.666. The van der Waals surface area contributed by atoms with E-state index in [1.807, 2.05) is 18.2 Å². The maximum atomic E-state index is 8.89. The monoisotopic (exact) mass is 191 g/mol. The first-order valence-corrected chi connectivity index (χ1v) is 4.92. The molecule has 1 nitrogen and oxygen atoms in total. The van der Waals surface area contributed by atoms with Gasteiger partial charge in [-0.2, -0.15) is 5.26 Å². The highest BCUT2D eigenvalue weighted by Crippen LogP contribution is 2.35. The van der Waals surface area contributed by atoms with E-state index in [9.17, 15) is 0 Å². The maximum absolute atomic E-state index is 8.89. The Morgan fingerprint density at radius 2 is 2.31 bits per heavy atom. The molecule has 0 amide bonds. The summed E-state index contributed by atoms with van der Waals surface area (Å²) >= 11 is 6.17. The lowest BCUT2D eigenvalue weighted by Gasteiger charge is -2.21. The summed E-state index contributed by atoms with van der Waals surface area (Å²) in [6.45, 7) is 0. The van der Waals surface area contributed by atoms with Crippen LogP contribution in [0.25, 0.3) is 0 Å². The molecule has 66 valence electrons. The van der Waals surface area contributed by atoms with Crippen molar-refractivity contribution >= 4 is 11.6 Å². The number of nitrogens with zero attached hydrogens (tertiary/aromatic N) is 1. The minimum absolute atomic E-state index is 0.108. The highest BCUT2D eigenvalue weighted by molar-refractivity contribution is 6.21. The topological polar surface area (TPSA) is 23.8 Å². The van der Waals surface area contributed by atoms with Gasteiger partial charge >= 0.3 is 0 Å². The molecule has 0 fully saturated rings. The molecule has 0 bridgehead atoms. The van der Waals surface area contributed by atoms with Crippen molar-refractivity contribution in [2.75, 3.05) is 0 Å². The molecule has 0 saturated heterocycles. The zero-order valence-corrected chi connectivity index (χ0v) is 8.01. The molecule has 0 aromatic heterocycles. The number of hydrogen-bond donors (Lipinski definition) is 0. The second kappa shape index (κ2) is 3.40. The number of alkyl halides is 1. The molecule has 2 rings (SSSR count). The number of fused-ring (bicyclic) bond motifs is 1. The van der Waals surface area contributed by atoms with Crippen molar-refractivity contribution in [3.05, 3.63) is 34.9 Å². The Morgan fingerprint density at radius 3 is 3.08 bits per heavy atom. The molecule has 0 spiro atoms. The molecule has 0 saturated carbocycles. The minimum Gasteiger partial charge on any atom is -0.192 e. The van der Waals surface area contributed by atoms with E-state index < -0.39 is 0 Å². The second-order valence-electron chi connectivity index (χ2n) is 3.34. The van der Waals surface area contributed by atoms with Gasteiger partial charge in [-0.25, -0.2) is 0 Å². The van der Waals surface area contributed by atoms with Gasteiger partial charge in [0.2, 0.25) is 0 Å². The van der Waals surface area contributed by atoms with Crippen LogP contribution < -0.4 is 0 Å². The van der Waals surface area contributed by atoms with Crippen molar-refractivity contribution in [1.82, 2.24) is 0 Å². The van der Waals surface area contributed by atoms with Crippen LogP contribution in [0.2, 0.25) is 0 Å². The Kier molecular flexibility index (Phi) is 2.24. The summed E-state index contributed by atoms with van der Waals surface area (Å²) < 4.78 is 0. The summed E-state index contributed by atoms with van der Waals surface area (Å²) in [4.78, 5) is 0. The van der Waals surface area contributed by atoms with Gasteiger partial charge in [-0.3, -0.25) is 0 Å². The molecular weight excluding hydrogens is 182 g/mol. The predicted molar refractivity (Wildman–Crippen MR) is 52.7 cm³/mol. The number of halogens is 1. The summed E-state index contributed by atoms with van der Waals surface area (Å²) in [5.41, 5.74) is 3.12. The first-order chi connectivity index (χ1) is 6.33. The van der Waals surface area contributed by atoms with Gasteiger partial charge in [0.05, 0.1) is 17.0 Å². The largest absolute Gasteiger partial charge is 0.192 e. The first kappa shape index (κ1) is 8.59. The van der Waals surface area contributed by atoms with Gasteiger partial charge < -0.3 is 0 Å². The van der Waals surface area contributed by atoms with Crippen LogP contribution in [0.4, 0.5) is 0 Å². The SMILES string of the molecule is N#Cc1cccc2c1CCCC2Cl. The number of rotatable bonds is 0. The van der Waals surface area contributed by atoms with E-state index in [2.05, 4.69) is 6.07 Å². The molecule has 1 unspecified atom stereocenters. The summed E-state index contributed by atoms with van der Waals surface area (Å²) in [6, 6.07) is 8.04. The number of benzene rings is 1. The van der Waals surface area contributed by atoms with E-state index in [0.29, 0.717) is 0 Å². The van der Waals surface area contributed by atoms with Crippen LogP contribution in [0.15, 0.2) is 18.2 Å². The molecule has 1 aliphatic carbocycles. The van der Waals surface area contributed by atoms with Gasteiger partial charge in [0.1, 0.15) is 0 Å². The Bertz CT molecular complexity index is 365. The predicted octanol–water partition coefficient (Wildman–Crippen LogP) is 3.17. The zero-order chi connectivity index (χ0) is 9.26. The van der Waals surface area contributed by atoms with Crippen LogP contribution in [0, 0.1) is 11.3 Å². The van der Waals surface area contributed by atoms with Crippen LogP contribution in [0.1, 0.15) is 34.9 Å². The second-order valence-corrected chi connectivity index (χ2v) is 3.87. The van der Waals surface area contributed by atoms with Gasteiger partial charge in [0.15, 0.2) is 0 Å². The third kappa shape index (κ3) is 1.43. The maximum Gasteiger partial charge on any atom is 0.0994 e. The normalized spacial score (nSPS) is 20.5. The molecule has 13 heavy (non-hydrogen) atoms. The first-order valence-electron chi connectivity index (χ1n) is 4.49. The third-order valence-electron chi connectivity index (χ3n) is 2.55. The fourth-order valence-electron chi connectivity index (χ4n) is 1.90. The average Bonchev–Trinajstić information content (AvgIpc) is 2.18. The van der Waals surface area contributed by atoms with E-state index in [0.717, 1.165) is 36.0 Å². The Hall–Kier alpha value is -1.00. The van der Waals surface area contributed by atoms with Crippen molar-refractivity contribution in [3.8, 4) is 6.07 Å². The summed E-state index contributed by atoms with van der Waals surface area (Å²) in [7, 11) is 0. The van der Waals surface area contributed by atoms with Crippen LogP contribution in [0.3, 0.4) is 0 Å². The number of nitriles is 1. The molecule has 0 radical (unpaired) electrons. The highest BCUT2D eigenvalue weighted by Gasteiger charge is 2.19. The van der Waals surface area contributed by atoms with Crippen LogP contribution in [-0.2, 0) is 6.42 Å². The quantitative estimate of drug-likeness (QED) is 0.578. The van der Waals surface area contributed by atoms with Crippen molar-refractivity contribution in [3.63, 3.8) is 0 Å². The Morgan fingerprint density at radius 1 is 1.46 bits per heavy atom. The molecule has 1 aliphatic rings. The van der Waals surface area contributed by atoms with E-state index >= 15 is 0 Å². The fourth-order valence-corrected chi connectivity index (χ4v) is 2.25. The van der Waals surface area contributed by atoms with Crippen LogP contribution in [-0.4, -0.2) is 0 Å². The van der Waals surface area contributed by atoms with Crippen LogP contribution >= 0.6 is 11.6 Å². The molecule has 1 aromatic rings. The fraction of sp³-hybridized carbons (Fsp3) is 0.364. The molecule has 1 aromatic carbocycles. The van der Waals surface area contributed by atoms with Gasteiger partial charge in [-0.15, -0.1) is 11.6 Å². The van der Waals surface area contributed by atoms with Gasteiger partial charge in [-0.1, -0.05) is 12.1 Å². The lowest BCUT2D eigenvalue weighted by atomic mass is 9.88. The zero-order valence-electron chi connectivity index (χ0n) is 7.26. The van der Waals surface area contributed by atoms with Gasteiger partial charge in [-0.05, 0) is 36.5 Å². The van der Waals surface area contributed by atoms with Gasteiger partial charge in [0.25, 0.3) is 0 Å². The molecule has 0 aliphatic heterocycles.